The highest BCUT2D eigenvalue weighted by molar-refractivity contribution is 7.80. The highest BCUT2D eigenvalue weighted by Gasteiger charge is 2.26. The van der Waals surface area contributed by atoms with Crippen LogP contribution in [0.25, 0.3) is 0 Å². The molecule has 1 atom stereocenters. The molecule has 0 aromatic heterocycles. The molecule has 2 nitrogen and oxygen atoms in total. The van der Waals surface area contributed by atoms with Gasteiger partial charge < -0.3 is 11.1 Å². The third-order valence-electron chi connectivity index (χ3n) is 2.85. The molecule has 0 saturated heterocycles. The van der Waals surface area contributed by atoms with E-state index >= 15 is 0 Å². The van der Waals surface area contributed by atoms with Crippen molar-refractivity contribution in [1.29, 1.82) is 0 Å². The number of hydrogen-bond acceptors (Lipinski definition) is 1. The lowest BCUT2D eigenvalue weighted by atomic mass is 10.0. The van der Waals surface area contributed by atoms with E-state index in [0.717, 1.165) is 17.9 Å². The Bertz CT molecular complexity index is 373. The molecule has 16 heavy (non-hydrogen) atoms. The summed E-state index contributed by atoms with van der Waals surface area (Å²) in [5.41, 5.74) is 6.55. The topological polar surface area (TPSA) is 38.0 Å². The molecule has 0 spiro atoms. The molecule has 1 aliphatic carbocycles. The molecule has 86 valence electrons. The summed E-state index contributed by atoms with van der Waals surface area (Å²) in [5, 5.41) is 3.37. The molecule has 4 heteroatoms. The minimum absolute atomic E-state index is 0.116. The van der Waals surface area contributed by atoms with Crippen molar-refractivity contribution in [1.82, 2.24) is 5.32 Å². The summed E-state index contributed by atoms with van der Waals surface area (Å²) in [4.78, 5) is 0. The van der Waals surface area contributed by atoms with Gasteiger partial charge in [-0.05, 0) is 42.3 Å². The van der Waals surface area contributed by atoms with Gasteiger partial charge in [0.15, 0.2) is 5.11 Å². The van der Waals surface area contributed by atoms with E-state index in [2.05, 4.69) is 5.32 Å². The average Bonchev–Trinajstić information content (AvgIpc) is 3.01. The van der Waals surface area contributed by atoms with Crippen molar-refractivity contribution in [3.63, 3.8) is 0 Å². The molecule has 0 amide bonds. The number of rotatable bonds is 4. The second-order valence-corrected chi connectivity index (χ2v) is 4.73. The highest BCUT2D eigenvalue weighted by Crippen LogP contribution is 2.37. The van der Waals surface area contributed by atoms with E-state index in [1.165, 1.54) is 25.0 Å². The fraction of sp³-hybridized carbons (Fsp3) is 0.417. The molecular formula is C12H15FN2S. The number of thiocarbonyl (C=S) groups is 1. The van der Waals surface area contributed by atoms with Gasteiger partial charge in [-0.2, -0.15) is 0 Å². The number of nitrogens with two attached hydrogens (primary N) is 1. The lowest BCUT2D eigenvalue weighted by Crippen LogP contribution is -2.33. The summed E-state index contributed by atoms with van der Waals surface area (Å²) in [7, 11) is 0. The van der Waals surface area contributed by atoms with E-state index in [9.17, 15) is 4.39 Å². The van der Waals surface area contributed by atoms with Crippen molar-refractivity contribution < 1.29 is 4.39 Å². The van der Waals surface area contributed by atoms with E-state index in [1.807, 2.05) is 0 Å². The van der Waals surface area contributed by atoms with Crippen LogP contribution in [0.5, 0.6) is 0 Å². The molecular weight excluding hydrogens is 223 g/mol. The van der Waals surface area contributed by atoms with Crippen molar-refractivity contribution in [3.05, 3.63) is 35.6 Å². The van der Waals surface area contributed by atoms with Gasteiger partial charge in [0.2, 0.25) is 0 Å². The van der Waals surface area contributed by atoms with Crippen LogP contribution in [-0.2, 0) is 0 Å². The molecule has 0 bridgehead atoms. The molecule has 1 aromatic carbocycles. The Balaban J connectivity index is 2.09. The van der Waals surface area contributed by atoms with Gasteiger partial charge in [-0.15, -0.1) is 0 Å². The van der Waals surface area contributed by atoms with Gasteiger partial charge in [-0.3, -0.25) is 0 Å². The molecule has 1 aliphatic rings. The summed E-state index contributed by atoms with van der Waals surface area (Å²) >= 11 is 4.86. The second-order valence-electron chi connectivity index (χ2n) is 4.29. The molecule has 0 radical (unpaired) electrons. The summed E-state index contributed by atoms with van der Waals surface area (Å²) in [6.45, 7) is 0. The quantitative estimate of drug-likeness (QED) is 0.791. The maximum Gasteiger partial charge on any atom is 0.164 e. The largest absolute Gasteiger partial charge is 0.376 e. The summed E-state index contributed by atoms with van der Waals surface area (Å²) in [5.74, 6) is 0.543. The number of hydrogen-bond donors (Lipinski definition) is 2. The summed E-state index contributed by atoms with van der Waals surface area (Å²) in [6.07, 6.45) is 3.57. The molecule has 1 aromatic rings. The van der Waals surface area contributed by atoms with Gasteiger partial charge in [0.05, 0.1) is 6.04 Å². The standard InChI is InChI=1S/C12H15FN2S/c13-10-5-3-9(4-6-10)11(15-12(14)16)7-8-1-2-8/h3-6,8,11H,1-2,7H2,(H3,14,15,16)/t11-/m0/s1. The third kappa shape index (κ3) is 3.17. The minimum atomic E-state index is -0.218. The third-order valence-corrected chi connectivity index (χ3v) is 2.97. The Morgan fingerprint density at radius 1 is 1.44 bits per heavy atom. The molecule has 3 N–H and O–H groups in total. The maximum absolute atomic E-state index is 12.8. The first-order valence-corrected chi connectivity index (χ1v) is 5.87. The number of halogens is 1. The van der Waals surface area contributed by atoms with Gasteiger partial charge in [-0.25, -0.2) is 4.39 Å². The van der Waals surface area contributed by atoms with Crippen molar-refractivity contribution in [2.24, 2.45) is 11.7 Å². The summed E-state index contributed by atoms with van der Waals surface area (Å²) in [6, 6.07) is 6.62. The lowest BCUT2D eigenvalue weighted by Gasteiger charge is -2.19. The zero-order valence-electron chi connectivity index (χ0n) is 8.95. The van der Waals surface area contributed by atoms with Gasteiger partial charge in [0.1, 0.15) is 5.82 Å². The van der Waals surface area contributed by atoms with Gasteiger partial charge in [0.25, 0.3) is 0 Å². The Morgan fingerprint density at radius 2 is 2.06 bits per heavy atom. The van der Waals surface area contributed by atoms with Crippen LogP contribution in [0, 0.1) is 11.7 Å². The molecule has 1 saturated carbocycles. The predicted molar refractivity (Wildman–Crippen MR) is 66.4 cm³/mol. The maximum atomic E-state index is 12.8. The monoisotopic (exact) mass is 238 g/mol. The van der Waals surface area contributed by atoms with Crippen LogP contribution in [0.2, 0.25) is 0 Å². The van der Waals surface area contributed by atoms with E-state index in [-0.39, 0.29) is 11.9 Å². The molecule has 2 rings (SSSR count). The van der Waals surface area contributed by atoms with Crippen molar-refractivity contribution in [2.45, 2.75) is 25.3 Å². The zero-order valence-corrected chi connectivity index (χ0v) is 9.77. The van der Waals surface area contributed by atoms with Gasteiger partial charge in [-0.1, -0.05) is 25.0 Å². The smallest absolute Gasteiger partial charge is 0.164 e. The van der Waals surface area contributed by atoms with E-state index in [4.69, 9.17) is 18.0 Å². The normalized spacial score (nSPS) is 16.8. The zero-order chi connectivity index (χ0) is 11.5. The van der Waals surface area contributed by atoms with E-state index < -0.39 is 0 Å². The fourth-order valence-corrected chi connectivity index (χ4v) is 1.97. The first kappa shape index (κ1) is 11.3. The van der Waals surface area contributed by atoms with Crippen molar-refractivity contribution >= 4 is 17.3 Å². The van der Waals surface area contributed by atoms with E-state index in [0.29, 0.717) is 5.11 Å². The Hall–Kier alpha value is -1.16. The summed E-state index contributed by atoms with van der Waals surface area (Å²) < 4.78 is 12.8. The first-order chi connectivity index (χ1) is 7.65. The van der Waals surface area contributed by atoms with Crippen molar-refractivity contribution in [2.75, 3.05) is 0 Å². The predicted octanol–water partition coefficient (Wildman–Crippen LogP) is 2.50. The Kier molecular flexibility index (Phi) is 3.39. The average molecular weight is 238 g/mol. The second kappa shape index (κ2) is 4.78. The van der Waals surface area contributed by atoms with Crippen LogP contribution in [0.1, 0.15) is 30.9 Å². The Labute approximate surface area is 100 Å². The van der Waals surface area contributed by atoms with Crippen LogP contribution in [0.4, 0.5) is 4.39 Å². The SMILES string of the molecule is NC(=S)N[C@@H](CC1CC1)c1ccc(F)cc1. The van der Waals surface area contributed by atoms with Crippen LogP contribution in [-0.4, -0.2) is 5.11 Å². The van der Waals surface area contributed by atoms with Crippen LogP contribution in [0.3, 0.4) is 0 Å². The fourth-order valence-electron chi connectivity index (χ4n) is 1.83. The first-order valence-electron chi connectivity index (χ1n) is 5.46. The number of nitrogens with one attached hydrogen (secondary N) is 1. The molecule has 0 unspecified atom stereocenters. The van der Waals surface area contributed by atoms with E-state index in [1.54, 1.807) is 12.1 Å². The molecule has 0 aliphatic heterocycles. The Morgan fingerprint density at radius 3 is 2.56 bits per heavy atom. The van der Waals surface area contributed by atoms with Crippen molar-refractivity contribution in [3.8, 4) is 0 Å². The minimum Gasteiger partial charge on any atom is -0.376 e. The van der Waals surface area contributed by atoms with Crippen LogP contribution < -0.4 is 11.1 Å². The van der Waals surface area contributed by atoms with Crippen LogP contribution in [0.15, 0.2) is 24.3 Å². The lowest BCUT2D eigenvalue weighted by molar-refractivity contribution is 0.547. The van der Waals surface area contributed by atoms with Gasteiger partial charge in [0, 0.05) is 0 Å². The highest BCUT2D eigenvalue weighted by atomic mass is 32.1. The molecule has 1 fully saturated rings. The number of benzene rings is 1. The van der Waals surface area contributed by atoms with Crippen LogP contribution >= 0.6 is 12.2 Å². The molecule has 0 heterocycles. The van der Waals surface area contributed by atoms with Gasteiger partial charge >= 0.3 is 0 Å².